The van der Waals surface area contributed by atoms with Gasteiger partial charge in [0.1, 0.15) is 0 Å². The van der Waals surface area contributed by atoms with E-state index in [-0.39, 0.29) is 5.69 Å². The van der Waals surface area contributed by atoms with Gasteiger partial charge in [0.15, 0.2) is 5.54 Å². The van der Waals surface area contributed by atoms with Crippen LogP contribution in [0.2, 0.25) is 0 Å². The van der Waals surface area contributed by atoms with E-state index >= 15 is 0 Å². The Labute approximate surface area is 113 Å². The van der Waals surface area contributed by atoms with Crippen molar-refractivity contribution in [2.75, 3.05) is 26.9 Å². The fraction of sp³-hybridized carbons (Fsp3) is 0.727. The SMILES string of the molecule is COCCOCCc1nc(C(C)(N)C(F)(F)F)cs1. The number of hydrogen-bond donors (Lipinski definition) is 1. The van der Waals surface area contributed by atoms with Gasteiger partial charge in [0, 0.05) is 18.9 Å². The number of aromatic nitrogens is 1. The van der Waals surface area contributed by atoms with E-state index in [2.05, 4.69) is 4.98 Å². The predicted octanol–water partition coefficient (Wildman–Crippen LogP) is 2.08. The smallest absolute Gasteiger partial charge is 0.382 e. The molecule has 4 nitrogen and oxygen atoms in total. The van der Waals surface area contributed by atoms with Crippen LogP contribution in [0, 0.1) is 0 Å². The summed E-state index contributed by atoms with van der Waals surface area (Å²) in [5.74, 6) is 0. The van der Waals surface area contributed by atoms with Gasteiger partial charge in [-0.25, -0.2) is 4.98 Å². The van der Waals surface area contributed by atoms with E-state index in [0.29, 0.717) is 31.2 Å². The summed E-state index contributed by atoms with van der Waals surface area (Å²) in [5.41, 5.74) is 2.72. The van der Waals surface area contributed by atoms with Crippen LogP contribution in [0.3, 0.4) is 0 Å². The van der Waals surface area contributed by atoms with Gasteiger partial charge in [-0.1, -0.05) is 0 Å². The molecule has 2 N–H and O–H groups in total. The Morgan fingerprint density at radius 1 is 1.32 bits per heavy atom. The second kappa shape index (κ2) is 6.65. The standard InChI is InChI=1S/C11H17F3N2O2S/c1-10(15,11(12,13)14)8-7-19-9(16-8)3-4-18-6-5-17-2/h7H,3-6,15H2,1-2H3. The second-order valence-electron chi connectivity index (χ2n) is 4.18. The number of nitrogens with zero attached hydrogens (tertiary/aromatic N) is 1. The average molecular weight is 298 g/mol. The summed E-state index contributed by atoms with van der Waals surface area (Å²) in [4.78, 5) is 3.93. The van der Waals surface area contributed by atoms with Gasteiger partial charge in [0.05, 0.1) is 30.5 Å². The van der Waals surface area contributed by atoms with Crippen LogP contribution in [0.5, 0.6) is 0 Å². The van der Waals surface area contributed by atoms with E-state index in [1.807, 2.05) is 0 Å². The number of halogens is 3. The number of nitrogens with two attached hydrogens (primary N) is 1. The third kappa shape index (κ3) is 4.41. The third-order valence-corrected chi connectivity index (χ3v) is 3.47. The first kappa shape index (κ1) is 16.4. The Balaban J connectivity index is 2.53. The maximum absolute atomic E-state index is 12.7. The largest absolute Gasteiger partial charge is 0.411 e. The highest BCUT2D eigenvalue weighted by Gasteiger charge is 2.50. The molecule has 0 amide bonds. The molecule has 0 fully saturated rings. The fourth-order valence-corrected chi connectivity index (χ4v) is 2.11. The van der Waals surface area contributed by atoms with Crippen molar-refractivity contribution in [2.24, 2.45) is 5.73 Å². The first-order valence-electron chi connectivity index (χ1n) is 5.66. The van der Waals surface area contributed by atoms with Crippen molar-refractivity contribution >= 4 is 11.3 Å². The topological polar surface area (TPSA) is 57.4 Å². The van der Waals surface area contributed by atoms with Gasteiger partial charge in [-0.2, -0.15) is 13.2 Å². The molecular weight excluding hydrogens is 281 g/mol. The van der Waals surface area contributed by atoms with Gasteiger partial charge in [-0.15, -0.1) is 11.3 Å². The zero-order valence-corrected chi connectivity index (χ0v) is 11.6. The molecule has 1 unspecified atom stereocenters. The van der Waals surface area contributed by atoms with Crippen LogP contribution in [0.25, 0.3) is 0 Å². The van der Waals surface area contributed by atoms with Crippen molar-refractivity contribution in [3.63, 3.8) is 0 Å². The van der Waals surface area contributed by atoms with E-state index in [0.717, 1.165) is 18.3 Å². The molecule has 0 aliphatic carbocycles. The molecule has 19 heavy (non-hydrogen) atoms. The number of ether oxygens (including phenoxy) is 2. The van der Waals surface area contributed by atoms with Crippen molar-refractivity contribution < 1.29 is 22.6 Å². The molecule has 1 aromatic heterocycles. The molecule has 0 radical (unpaired) electrons. The van der Waals surface area contributed by atoms with Crippen molar-refractivity contribution in [1.29, 1.82) is 0 Å². The molecule has 110 valence electrons. The first-order chi connectivity index (χ1) is 8.79. The van der Waals surface area contributed by atoms with Crippen LogP contribution < -0.4 is 5.73 Å². The molecule has 8 heteroatoms. The number of thiazole rings is 1. The number of methoxy groups -OCH3 is 1. The Morgan fingerprint density at radius 3 is 2.58 bits per heavy atom. The predicted molar refractivity (Wildman–Crippen MR) is 66.1 cm³/mol. The van der Waals surface area contributed by atoms with Crippen molar-refractivity contribution in [2.45, 2.75) is 25.1 Å². The van der Waals surface area contributed by atoms with Crippen molar-refractivity contribution in [3.8, 4) is 0 Å². The monoisotopic (exact) mass is 298 g/mol. The van der Waals surface area contributed by atoms with Crippen LogP contribution in [0.15, 0.2) is 5.38 Å². The maximum Gasteiger partial charge on any atom is 0.411 e. The third-order valence-electron chi connectivity index (χ3n) is 2.56. The molecule has 0 saturated heterocycles. The highest BCUT2D eigenvalue weighted by atomic mass is 32.1. The average Bonchev–Trinajstić information content (AvgIpc) is 2.76. The molecule has 1 atom stereocenters. The zero-order chi connectivity index (χ0) is 14.5. The summed E-state index contributed by atoms with van der Waals surface area (Å²) in [7, 11) is 1.57. The van der Waals surface area contributed by atoms with Crippen LogP contribution in [0.1, 0.15) is 17.6 Å². The molecule has 0 aromatic carbocycles. The van der Waals surface area contributed by atoms with Gasteiger partial charge in [-0.05, 0) is 6.92 Å². The lowest BCUT2D eigenvalue weighted by Gasteiger charge is -2.25. The summed E-state index contributed by atoms with van der Waals surface area (Å²) >= 11 is 1.15. The zero-order valence-electron chi connectivity index (χ0n) is 10.8. The number of alkyl halides is 3. The second-order valence-corrected chi connectivity index (χ2v) is 5.12. The lowest BCUT2D eigenvalue weighted by atomic mass is 10.00. The minimum atomic E-state index is -4.52. The van der Waals surface area contributed by atoms with E-state index in [9.17, 15) is 13.2 Å². The molecule has 0 saturated carbocycles. The van der Waals surface area contributed by atoms with Crippen LogP contribution in [0.4, 0.5) is 13.2 Å². The molecular formula is C11H17F3N2O2S. The van der Waals surface area contributed by atoms with Gasteiger partial charge in [0.25, 0.3) is 0 Å². The van der Waals surface area contributed by atoms with E-state index in [1.165, 1.54) is 5.38 Å². The molecule has 1 rings (SSSR count). The first-order valence-corrected chi connectivity index (χ1v) is 6.54. The van der Waals surface area contributed by atoms with Crippen LogP contribution >= 0.6 is 11.3 Å². The molecule has 1 aromatic rings. The number of rotatable bonds is 7. The van der Waals surface area contributed by atoms with Crippen molar-refractivity contribution in [1.82, 2.24) is 4.98 Å². The quantitative estimate of drug-likeness (QED) is 0.783. The fourth-order valence-electron chi connectivity index (χ4n) is 1.21. The summed E-state index contributed by atoms with van der Waals surface area (Å²) in [6.45, 7) is 2.24. The molecule has 0 bridgehead atoms. The highest BCUT2D eigenvalue weighted by molar-refractivity contribution is 7.09. The summed E-state index contributed by atoms with van der Waals surface area (Å²) < 4.78 is 48.2. The van der Waals surface area contributed by atoms with E-state index < -0.39 is 11.7 Å². The number of hydrogen-bond acceptors (Lipinski definition) is 5. The molecule has 0 aliphatic heterocycles. The van der Waals surface area contributed by atoms with E-state index in [1.54, 1.807) is 7.11 Å². The maximum atomic E-state index is 12.7. The van der Waals surface area contributed by atoms with Crippen LogP contribution in [-0.4, -0.2) is 38.1 Å². The Kier molecular flexibility index (Phi) is 5.72. The minimum absolute atomic E-state index is 0.156. The molecule has 0 spiro atoms. The normalized spacial score (nSPS) is 15.5. The van der Waals surface area contributed by atoms with Gasteiger partial charge in [0.2, 0.25) is 0 Å². The van der Waals surface area contributed by atoms with Crippen molar-refractivity contribution in [3.05, 3.63) is 16.1 Å². The summed E-state index contributed by atoms with van der Waals surface area (Å²) in [6.07, 6.45) is -4.06. The lowest BCUT2D eigenvalue weighted by molar-refractivity contribution is -0.185. The highest BCUT2D eigenvalue weighted by Crippen LogP contribution is 2.36. The van der Waals surface area contributed by atoms with Gasteiger partial charge < -0.3 is 15.2 Å². The summed E-state index contributed by atoms with van der Waals surface area (Å²) in [5, 5.41) is 1.92. The lowest BCUT2D eigenvalue weighted by Crippen LogP contribution is -2.48. The Morgan fingerprint density at radius 2 is 2.00 bits per heavy atom. The summed E-state index contributed by atoms with van der Waals surface area (Å²) in [6, 6.07) is 0. The van der Waals surface area contributed by atoms with E-state index in [4.69, 9.17) is 15.2 Å². The Bertz CT molecular complexity index is 394. The van der Waals surface area contributed by atoms with Crippen LogP contribution in [-0.2, 0) is 21.4 Å². The molecule has 1 heterocycles. The minimum Gasteiger partial charge on any atom is -0.382 e. The molecule has 0 aliphatic rings. The van der Waals surface area contributed by atoms with Gasteiger partial charge in [-0.3, -0.25) is 0 Å². The Hall–Kier alpha value is -0.700. The van der Waals surface area contributed by atoms with Gasteiger partial charge >= 0.3 is 6.18 Å².